The summed E-state index contributed by atoms with van der Waals surface area (Å²) in [4.78, 5) is 24.2. The van der Waals surface area contributed by atoms with Crippen LogP contribution in [0, 0.1) is 5.92 Å². The molecule has 2 rings (SSSR count). The number of rotatable bonds is 2. The van der Waals surface area contributed by atoms with Gasteiger partial charge in [0.1, 0.15) is 0 Å². The molecule has 1 amide bonds. The Morgan fingerprint density at radius 3 is 3.00 bits per heavy atom. The molecule has 1 saturated heterocycles. The molecule has 0 unspecified atom stereocenters. The number of aromatic amines is 1. The summed E-state index contributed by atoms with van der Waals surface area (Å²) in [5.74, 6) is -1.58. The Kier molecular flexibility index (Phi) is 2.84. The van der Waals surface area contributed by atoms with Crippen molar-refractivity contribution < 1.29 is 14.7 Å². The SMILES string of the molecule is O=C(O)[C@@H]1CCCN(C(=O)c2cn[nH]n2)C1. The number of aromatic nitrogens is 3. The summed E-state index contributed by atoms with van der Waals surface area (Å²) in [5, 5.41) is 18.5. The Balaban J connectivity index is 2.05. The molecule has 0 bridgehead atoms. The van der Waals surface area contributed by atoms with E-state index in [-0.39, 0.29) is 18.1 Å². The summed E-state index contributed by atoms with van der Waals surface area (Å²) in [7, 11) is 0. The van der Waals surface area contributed by atoms with Crippen LogP contribution in [0.15, 0.2) is 6.20 Å². The van der Waals surface area contributed by atoms with Crippen LogP contribution in [0.5, 0.6) is 0 Å². The molecule has 1 aliphatic rings. The number of nitrogens with one attached hydrogen (secondary N) is 1. The molecule has 0 aliphatic carbocycles. The monoisotopic (exact) mass is 224 g/mol. The lowest BCUT2D eigenvalue weighted by atomic mass is 9.98. The normalized spacial score (nSPS) is 20.8. The highest BCUT2D eigenvalue weighted by molar-refractivity contribution is 5.92. The predicted molar refractivity (Wildman–Crippen MR) is 52.6 cm³/mol. The number of carboxylic acids is 1. The number of carbonyl (C=O) groups is 2. The van der Waals surface area contributed by atoms with Gasteiger partial charge in [-0.15, -0.1) is 0 Å². The number of hydrogen-bond donors (Lipinski definition) is 2. The maximum atomic E-state index is 11.8. The Labute approximate surface area is 91.4 Å². The number of H-pyrrole nitrogens is 1. The Hall–Kier alpha value is -1.92. The van der Waals surface area contributed by atoms with E-state index in [1.165, 1.54) is 11.1 Å². The first kappa shape index (κ1) is 10.6. The third-order valence-corrected chi connectivity index (χ3v) is 2.69. The van der Waals surface area contributed by atoms with Crippen molar-refractivity contribution in [3.8, 4) is 0 Å². The van der Waals surface area contributed by atoms with Gasteiger partial charge in [-0.2, -0.15) is 15.4 Å². The first-order valence-corrected chi connectivity index (χ1v) is 5.06. The molecule has 2 N–H and O–H groups in total. The lowest BCUT2D eigenvalue weighted by Gasteiger charge is -2.29. The summed E-state index contributed by atoms with van der Waals surface area (Å²) in [6, 6.07) is 0. The fourth-order valence-electron chi connectivity index (χ4n) is 1.83. The van der Waals surface area contributed by atoms with Crippen molar-refractivity contribution in [2.24, 2.45) is 5.92 Å². The van der Waals surface area contributed by atoms with Crippen LogP contribution in [0.1, 0.15) is 23.3 Å². The molecule has 16 heavy (non-hydrogen) atoms. The van der Waals surface area contributed by atoms with Crippen LogP contribution < -0.4 is 0 Å². The smallest absolute Gasteiger partial charge is 0.308 e. The number of aliphatic carboxylic acids is 1. The van der Waals surface area contributed by atoms with Gasteiger partial charge in [-0.05, 0) is 12.8 Å². The maximum Gasteiger partial charge on any atom is 0.308 e. The molecule has 1 aromatic heterocycles. The van der Waals surface area contributed by atoms with Crippen LogP contribution in [0.2, 0.25) is 0 Å². The van der Waals surface area contributed by atoms with Gasteiger partial charge in [-0.25, -0.2) is 0 Å². The van der Waals surface area contributed by atoms with Gasteiger partial charge in [0.2, 0.25) is 0 Å². The predicted octanol–water partition coefficient (Wildman–Crippen LogP) is -0.259. The zero-order chi connectivity index (χ0) is 11.5. The van der Waals surface area contributed by atoms with Gasteiger partial charge in [0.15, 0.2) is 5.69 Å². The molecule has 0 saturated carbocycles. The summed E-state index contributed by atoms with van der Waals surface area (Å²) in [6.45, 7) is 0.830. The molecule has 7 nitrogen and oxygen atoms in total. The van der Waals surface area contributed by atoms with E-state index in [1.54, 1.807) is 0 Å². The molecule has 0 aromatic carbocycles. The zero-order valence-electron chi connectivity index (χ0n) is 8.59. The van der Waals surface area contributed by atoms with Crippen LogP contribution >= 0.6 is 0 Å². The van der Waals surface area contributed by atoms with Gasteiger partial charge in [-0.3, -0.25) is 9.59 Å². The van der Waals surface area contributed by atoms with Gasteiger partial charge in [0, 0.05) is 13.1 Å². The number of likely N-dealkylation sites (tertiary alicyclic amines) is 1. The van der Waals surface area contributed by atoms with Crippen LogP contribution in [0.4, 0.5) is 0 Å². The lowest BCUT2D eigenvalue weighted by molar-refractivity contribution is -0.143. The quantitative estimate of drug-likeness (QED) is 0.721. The largest absolute Gasteiger partial charge is 0.481 e. The van der Waals surface area contributed by atoms with Crippen LogP contribution in [0.3, 0.4) is 0 Å². The molecule has 1 aliphatic heterocycles. The van der Waals surface area contributed by atoms with Gasteiger partial charge in [-0.1, -0.05) is 0 Å². The molecular formula is C9H12N4O3. The molecule has 0 spiro atoms. The van der Waals surface area contributed by atoms with Gasteiger partial charge >= 0.3 is 5.97 Å². The van der Waals surface area contributed by atoms with Crippen LogP contribution in [-0.2, 0) is 4.79 Å². The van der Waals surface area contributed by atoms with Gasteiger partial charge < -0.3 is 10.0 Å². The number of piperidine rings is 1. The lowest BCUT2D eigenvalue weighted by Crippen LogP contribution is -2.42. The summed E-state index contributed by atoms with van der Waals surface area (Å²) < 4.78 is 0. The highest BCUT2D eigenvalue weighted by atomic mass is 16.4. The number of carboxylic acid groups (broad SMARTS) is 1. The Bertz CT molecular complexity index is 389. The minimum atomic E-state index is -0.849. The minimum absolute atomic E-state index is 0.228. The molecular weight excluding hydrogens is 212 g/mol. The summed E-state index contributed by atoms with van der Waals surface area (Å²) in [5.41, 5.74) is 0.228. The maximum absolute atomic E-state index is 11.8. The Morgan fingerprint density at radius 2 is 2.38 bits per heavy atom. The third kappa shape index (κ3) is 2.02. The van der Waals surface area contributed by atoms with Crippen LogP contribution in [0.25, 0.3) is 0 Å². The Morgan fingerprint density at radius 1 is 1.56 bits per heavy atom. The fraction of sp³-hybridized carbons (Fsp3) is 0.556. The van der Waals surface area contributed by atoms with Crippen molar-refractivity contribution in [2.45, 2.75) is 12.8 Å². The third-order valence-electron chi connectivity index (χ3n) is 2.69. The van der Waals surface area contributed by atoms with E-state index in [0.717, 1.165) is 0 Å². The molecule has 1 aromatic rings. The van der Waals surface area contributed by atoms with Crippen molar-refractivity contribution in [3.63, 3.8) is 0 Å². The molecule has 7 heteroatoms. The zero-order valence-corrected chi connectivity index (χ0v) is 8.59. The second-order valence-corrected chi connectivity index (χ2v) is 3.78. The number of nitrogens with zero attached hydrogens (tertiary/aromatic N) is 3. The highest BCUT2D eigenvalue weighted by Crippen LogP contribution is 2.17. The molecule has 2 heterocycles. The van der Waals surface area contributed by atoms with E-state index in [0.29, 0.717) is 19.4 Å². The van der Waals surface area contributed by atoms with E-state index in [1.807, 2.05) is 0 Å². The number of carbonyl (C=O) groups excluding carboxylic acids is 1. The van der Waals surface area contributed by atoms with Crippen molar-refractivity contribution in [1.29, 1.82) is 0 Å². The molecule has 1 atom stereocenters. The minimum Gasteiger partial charge on any atom is -0.481 e. The van der Waals surface area contributed by atoms with Gasteiger partial charge in [0.05, 0.1) is 12.1 Å². The van der Waals surface area contributed by atoms with Crippen molar-refractivity contribution >= 4 is 11.9 Å². The average molecular weight is 224 g/mol. The summed E-state index contributed by atoms with van der Waals surface area (Å²) in [6.07, 6.45) is 2.67. The fourth-order valence-corrected chi connectivity index (χ4v) is 1.83. The van der Waals surface area contributed by atoms with Gasteiger partial charge in [0.25, 0.3) is 5.91 Å². The number of hydrogen-bond acceptors (Lipinski definition) is 4. The molecule has 0 radical (unpaired) electrons. The highest BCUT2D eigenvalue weighted by Gasteiger charge is 2.29. The average Bonchev–Trinajstić information content (AvgIpc) is 2.81. The van der Waals surface area contributed by atoms with Crippen LogP contribution in [-0.4, -0.2) is 50.4 Å². The first-order chi connectivity index (χ1) is 7.68. The van der Waals surface area contributed by atoms with E-state index >= 15 is 0 Å². The second kappa shape index (κ2) is 4.30. The van der Waals surface area contributed by atoms with Crippen molar-refractivity contribution in [2.75, 3.05) is 13.1 Å². The van der Waals surface area contributed by atoms with E-state index in [2.05, 4.69) is 15.4 Å². The second-order valence-electron chi connectivity index (χ2n) is 3.78. The van der Waals surface area contributed by atoms with E-state index < -0.39 is 11.9 Å². The molecule has 86 valence electrons. The van der Waals surface area contributed by atoms with Crippen molar-refractivity contribution in [3.05, 3.63) is 11.9 Å². The molecule has 1 fully saturated rings. The van der Waals surface area contributed by atoms with E-state index in [4.69, 9.17) is 5.11 Å². The first-order valence-electron chi connectivity index (χ1n) is 5.06. The van der Waals surface area contributed by atoms with Crippen molar-refractivity contribution in [1.82, 2.24) is 20.3 Å². The van der Waals surface area contributed by atoms with E-state index in [9.17, 15) is 9.59 Å². The number of amides is 1. The standard InChI is InChI=1S/C9H12N4O3/c14-8(7-4-10-12-11-7)13-3-1-2-6(5-13)9(15)16/h4,6H,1-3,5H2,(H,15,16)(H,10,11,12)/t6-/m1/s1. The topological polar surface area (TPSA) is 99.2 Å². The summed E-state index contributed by atoms with van der Waals surface area (Å²) >= 11 is 0.